The molecule has 0 fully saturated rings. The third kappa shape index (κ3) is 7.30. The van der Waals surface area contributed by atoms with E-state index in [-0.39, 0.29) is 29.2 Å². The van der Waals surface area contributed by atoms with E-state index >= 15 is 0 Å². The topological polar surface area (TPSA) is 104 Å². The maximum atomic E-state index is 12.8. The normalized spacial score (nSPS) is 13.4. The Bertz CT molecular complexity index is 947. The summed E-state index contributed by atoms with van der Waals surface area (Å²) in [5.41, 5.74) is 0.942. The predicted octanol–water partition coefficient (Wildman–Crippen LogP) is 4.04. The van der Waals surface area contributed by atoms with E-state index in [2.05, 4.69) is 17.2 Å². The number of carbonyl (C=O) groups is 3. The van der Waals surface area contributed by atoms with E-state index in [4.69, 9.17) is 14.2 Å². The minimum absolute atomic E-state index is 0.0496. The van der Waals surface area contributed by atoms with E-state index in [0.29, 0.717) is 0 Å². The van der Waals surface area contributed by atoms with Crippen LogP contribution in [0.15, 0.2) is 42.6 Å². The Morgan fingerprint density at radius 1 is 1.09 bits per heavy atom. The van der Waals surface area contributed by atoms with Gasteiger partial charge in [-0.05, 0) is 25.8 Å². The lowest BCUT2D eigenvalue weighted by Crippen LogP contribution is -2.41. The van der Waals surface area contributed by atoms with Gasteiger partial charge in [0.15, 0.2) is 11.4 Å². The molecule has 0 aliphatic carbocycles. The highest BCUT2D eigenvalue weighted by molar-refractivity contribution is 5.98. The Kier molecular flexibility index (Phi) is 9.84. The highest BCUT2D eigenvalue weighted by Crippen LogP contribution is 2.30. The predicted molar refractivity (Wildman–Crippen MR) is 123 cm³/mol. The fraction of sp³-hybridized carbons (Fsp3) is 0.440. The Labute approximate surface area is 194 Å². The summed E-state index contributed by atoms with van der Waals surface area (Å²) < 4.78 is 16.0. The van der Waals surface area contributed by atoms with Crippen LogP contribution in [0.4, 0.5) is 0 Å². The standard InChI is InChI=1S/C25H32N2O6/c1-6-7-13-20(19-11-9-8-10-12-19)17(3)32-25(30)16(2)27-24(29)22-23(33-18(4)28)21(31-5)14-15-26-22/h8-12,14-17,20H,6-7,13H2,1-5H3,(H,27,29)/t16?,17?,20-/m1/s1. The largest absolute Gasteiger partial charge is 0.493 e. The van der Waals surface area contributed by atoms with Gasteiger partial charge in [-0.2, -0.15) is 0 Å². The van der Waals surface area contributed by atoms with E-state index in [9.17, 15) is 14.4 Å². The number of aromatic nitrogens is 1. The van der Waals surface area contributed by atoms with Gasteiger partial charge in [0.05, 0.1) is 7.11 Å². The lowest BCUT2D eigenvalue weighted by Gasteiger charge is -2.26. The summed E-state index contributed by atoms with van der Waals surface area (Å²) in [5.74, 6) is -1.76. The van der Waals surface area contributed by atoms with E-state index < -0.39 is 23.9 Å². The molecule has 0 radical (unpaired) electrons. The second-order valence-electron chi connectivity index (χ2n) is 7.78. The van der Waals surface area contributed by atoms with Crippen LogP contribution in [0, 0.1) is 0 Å². The summed E-state index contributed by atoms with van der Waals surface area (Å²) in [6.07, 6.45) is 3.90. The van der Waals surface area contributed by atoms with Crippen molar-refractivity contribution in [2.45, 2.75) is 65.0 Å². The number of benzene rings is 1. The number of amides is 1. The van der Waals surface area contributed by atoms with Gasteiger partial charge in [0.25, 0.3) is 5.91 Å². The molecule has 178 valence electrons. The van der Waals surface area contributed by atoms with Gasteiger partial charge in [0.2, 0.25) is 5.75 Å². The van der Waals surface area contributed by atoms with Crippen molar-refractivity contribution in [2.24, 2.45) is 0 Å². The van der Waals surface area contributed by atoms with Gasteiger partial charge in [0, 0.05) is 25.1 Å². The highest BCUT2D eigenvalue weighted by atomic mass is 16.6. The summed E-state index contributed by atoms with van der Waals surface area (Å²) in [6.45, 7) is 6.72. The van der Waals surface area contributed by atoms with Crippen molar-refractivity contribution < 1.29 is 28.6 Å². The maximum absolute atomic E-state index is 12.8. The van der Waals surface area contributed by atoms with E-state index in [0.717, 1.165) is 24.8 Å². The van der Waals surface area contributed by atoms with E-state index in [1.165, 1.54) is 33.2 Å². The lowest BCUT2D eigenvalue weighted by atomic mass is 9.89. The van der Waals surface area contributed by atoms with Crippen LogP contribution >= 0.6 is 0 Å². The molecule has 0 saturated carbocycles. The molecule has 1 N–H and O–H groups in total. The monoisotopic (exact) mass is 456 g/mol. The number of methoxy groups -OCH3 is 1. The van der Waals surface area contributed by atoms with Gasteiger partial charge < -0.3 is 19.5 Å². The third-order valence-electron chi connectivity index (χ3n) is 5.22. The molecule has 0 saturated heterocycles. The zero-order valence-corrected chi connectivity index (χ0v) is 19.8. The fourth-order valence-electron chi connectivity index (χ4n) is 3.48. The summed E-state index contributed by atoms with van der Waals surface area (Å²) >= 11 is 0. The van der Waals surface area contributed by atoms with Crippen molar-refractivity contribution in [2.75, 3.05) is 7.11 Å². The second kappa shape index (κ2) is 12.6. The second-order valence-corrected chi connectivity index (χ2v) is 7.78. The van der Waals surface area contributed by atoms with Crippen LogP contribution in [-0.4, -0.2) is 42.1 Å². The summed E-state index contributed by atoms with van der Waals surface area (Å²) in [7, 11) is 1.38. The minimum atomic E-state index is -0.944. The smallest absolute Gasteiger partial charge is 0.328 e. The molecule has 2 rings (SSSR count). The fourth-order valence-corrected chi connectivity index (χ4v) is 3.48. The Balaban J connectivity index is 2.10. The molecule has 1 amide bonds. The molecule has 2 aromatic rings. The van der Waals surface area contributed by atoms with Crippen LogP contribution in [0.5, 0.6) is 11.5 Å². The van der Waals surface area contributed by atoms with Crippen LogP contribution in [0.2, 0.25) is 0 Å². The molecular weight excluding hydrogens is 424 g/mol. The molecule has 0 spiro atoms. The quantitative estimate of drug-likeness (QED) is 0.509. The van der Waals surface area contributed by atoms with Crippen LogP contribution in [0.1, 0.15) is 68.9 Å². The molecule has 1 aromatic heterocycles. The number of esters is 2. The van der Waals surface area contributed by atoms with Crippen LogP contribution < -0.4 is 14.8 Å². The first kappa shape index (κ1) is 25.8. The first-order chi connectivity index (χ1) is 15.8. The number of unbranched alkanes of at least 4 members (excludes halogenated alkanes) is 1. The molecule has 1 aromatic carbocycles. The first-order valence-corrected chi connectivity index (χ1v) is 11.1. The van der Waals surface area contributed by atoms with E-state index in [1.54, 1.807) is 0 Å². The molecule has 3 atom stereocenters. The number of nitrogens with one attached hydrogen (secondary N) is 1. The molecule has 1 heterocycles. The van der Waals surface area contributed by atoms with Crippen molar-refractivity contribution >= 4 is 17.8 Å². The Morgan fingerprint density at radius 2 is 1.79 bits per heavy atom. The lowest BCUT2D eigenvalue weighted by molar-refractivity contribution is -0.151. The van der Waals surface area contributed by atoms with Gasteiger partial charge in [-0.1, -0.05) is 50.1 Å². The summed E-state index contributed by atoms with van der Waals surface area (Å²) in [4.78, 5) is 41.0. The number of nitrogens with zero attached hydrogens (tertiary/aromatic N) is 1. The van der Waals surface area contributed by atoms with Crippen LogP contribution in [0.3, 0.4) is 0 Å². The average Bonchev–Trinajstić information content (AvgIpc) is 2.79. The SMILES string of the molecule is CCCC[C@@H](c1ccccc1)C(C)OC(=O)C(C)NC(=O)c1nccc(OC)c1OC(C)=O. The van der Waals surface area contributed by atoms with Gasteiger partial charge >= 0.3 is 11.9 Å². The average molecular weight is 457 g/mol. The van der Waals surface area contributed by atoms with Gasteiger partial charge in [0.1, 0.15) is 12.1 Å². The van der Waals surface area contributed by atoms with Crippen LogP contribution in [0.25, 0.3) is 0 Å². The molecule has 0 aliphatic heterocycles. The number of ether oxygens (including phenoxy) is 3. The molecule has 8 nitrogen and oxygen atoms in total. The molecule has 2 unspecified atom stereocenters. The number of hydrogen-bond acceptors (Lipinski definition) is 7. The van der Waals surface area contributed by atoms with Crippen molar-refractivity contribution in [3.05, 3.63) is 53.9 Å². The molecule has 33 heavy (non-hydrogen) atoms. The Hall–Kier alpha value is -3.42. The van der Waals surface area contributed by atoms with Gasteiger partial charge in [-0.15, -0.1) is 0 Å². The summed E-state index contributed by atoms with van der Waals surface area (Å²) in [5, 5.41) is 2.57. The number of hydrogen-bond donors (Lipinski definition) is 1. The van der Waals surface area contributed by atoms with Crippen molar-refractivity contribution in [3.8, 4) is 11.5 Å². The first-order valence-electron chi connectivity index (χ1n) is 11.1. The van der Waals surface area contributed by atoms with Crippen molar-refractivity contribution in [3.63, 3.8) is 0 Å². The Morgan fingerprint density at radius 3 is 2.39 bits per heavy atom. The summed E-state index contributed by atoms with van der Waals surface area (Å²) in [6, 6.07) is 10.5. The van der Waals surface area contributed by atoms with Crippen molar-refractivity contribution in [1.29, 1.82) is 0 Å². The van der Waals surface area contributed by atoms with E-state index in [1.807, 2.05) is 37.3 Å². The number of pyridine rings is 1. The third-order valence-corrected chi connectivity index (χ3v) is 5.22. The van der Waals surface area contributed by atoms with Gasteiger partial charge in [-0.25, -0.2) is 9.78 Å². The number of carbonyl (C=O) groups excluding carboxylic acids is 3. The van der Waals surface area contributed by atoms with Crippen LogP contribution in [-0.2, 0) is 14.3 Å². The minimum Gasteiger partial charge on any atom is -0.493 e. The van der Waals surface area contributed by atoms with Crippen molar-refractivity contribution in [1.82, 2.24) is 10.3 Å². The number of rotatable bonds is 11. The molecular formula is C25H32N2O6. The highest BCUT2D eigenvalue weighted by Gasteiger charge is 2.28. The zero-order valence-electron chi connectivity index (χ0n) is 19.8. The van der Waals surface area contributed by atoms with Gasteiger partial charge in [-0.3, -0.25) is 9.59 Å². The zero-order chi connectivity index (χ0) is 24.4. The molecule has 0 aliphatic rings. The maximum Gasteiger partial charge on any atom is 0.328 e. The molecule has 0 bridgehead atoms. The molecule has 8 heteroatoms.